The van der Waals surface area contributed by atoms with E-state index in [2.05, 4.69) is 0 Å². The lowest BCUT2D eigenvalue weighted by atomic mass is 10.1. The minimum atomic E-state index is -0.908. The number of carbonyl (C=O) groups is 2. The second-order valence-electron chi connectivity index (χ2n) is 8.12. The Morgan fingerprint density at radius 1 is 0.914 bits per heavy atom. The maximum absolute atomic E-state index is 13.3. The van der Waals surface area contributed by atoms with Crippen LogP contribution in [0.4, 0.5) is 0 Å². The average molecular weight is 474 g/mol. The van der Waals surface area contributed by atoms with Crippen molar-refractivity contribution >= 4 is 22.8 Å². The third-order valence-corrected chi connectivity index (χ3v) is 5.89. The van der Waals surface area contributed by atoms with Crippen LogP contribution in [0.1, 0.15) is 27.2 Å². The summed E-state index contributed by atoms with van der Waals surface area (Å²) < 4.78 is 18.3. The molecule has 0 saturated carbocycles. The van der Waals surface area contributed by atoms with Gasteiger partial charge < -0.3 is 19.3 Å². The standard InChI is InChI=1S/C28H27NO6/c1-18-16-23-21(17-26(30)31)7-4-8-24(23)29(18)28(32)20-10-12-22(13-11-20)35-15-14-19-6-5-9-25(33-2)27(19)34-3/h4-13,16H,14-15,17H2,1-3H3,(H,30,31). The first-order valence-corrected chi connectivity index (χ1v) is 11.2. The Labute approximate surface area is 203 Å². The van der Waals surface area contributed by atoms with Crippen molar-refractivity contribution in [2.24, 2.45) is 0 Å². The molecule has 0 aliphatic heterocycles. The molecule has 7 nitrogen and oxygen atoms in total. The predicted molar refractivity (Wildman–Crippen MR) is 133 cm³/mol. The van der Waals surface area contributed by atoms with Gasteiger partial charge in [-0.25, -0.2) is 0 Å². The van der Waals surface area contributed by atoms with Gasteiger partial charge in [0.1, 0.15) is 5.75 Å². The lowest BCUT2D eigenvalue weighted by Crippen LogP contribution is -2.13. The molecule has 0 spiro atoms. The highest BCUT2D eigenvalue weighted by atomic mass is 16.5. The van der Waals surface area contributed by atoms with Crippen LogP contribution < -0.4 is 14.2 Å². The number of hydrogen-bond acceptors (Lipinski definition) is 5. The Morgan fingerprint density at radius 2 is 1.63 bits per heavy atom. The number of aliphatic carboxylic acids is 1. The number of benzene rings is 3. The van der Waals surface area contributed by atoms with Crippen molar-refractivity contribution in [2.45, 2.75) is 19.8 Å². The molecule has 1 aromatic heterocycles. The molecule has 4 rings (SSSR count). The molecule has 0 bridgehead atoms. The SMILES string of the molecule is COc1cccc(CCOc2ccc(C(=O)n3c(C)cc4c(CC(=O)O)cccc43)cc2)c1OC. The van der Waals surface area contributed by atoms with Crippen LogP contribution in [0.2, 0.25) is 0 Å². The second-order valence-corrected chi connectivity index (χ2v) is 8.12. The van der Waals surface area contributed by atoms with E-state index in [0.717, 1.165) is 16.6 Å². The monoisotopic (exact) mass is 473 g/mol. The molecule has 7 heteroatoms. The maximum Gasteiger partial charge on any atom is 0.307 e. The molecule has 1 heterocycles. The zero-order valence-corrected chi connectivity index (χ0v) is 19.9. The first kappa shape index (κ1) is 23.9. The lowest BCUT2D eigenvalue weighted by molar-refractivity contribution is -0.136. The molecule has 1 N–H and O–H groups in total. The smallest absolute Gasteiger partial charge is 0.307 e. The molecule has 0 saturated heterocycles. The number of aromatic nitrogens is 1. The molecular weight excluding hydrogens is 446 g/mol. The first-order chi connectivity index (χ1) is 16.9. The van der Waals surface area contributed by atoms with E-state index in [1.807, 2.05) is 37.3 Å². The molecule has 35 heavy (non-hydrogen) atoms. The zero-order valence-electron chi connectivity index (χ0n) is 19.9. The van der Waals surface area contributed by atoms with Gasteiger partial charge in [0.05, 0.1) is 32.8 Å². The van der Waals surface area contributed by atoms with E-state index in [1.54, 1.807) is 55.2 Å². The molecule has 0 atom stereocenters. The summed E-state index contributed by atoms with van der Waals surface area (Å²) in [5, 5.41) is 9.97. The number of rotatable bonds is 9. The van der Waals surface area contributed by atoms with Crippen LogP contribution in [0.15, 0.2) is 66.7 Å². The molecular formula is C28H27NO6. The van der Waals surface area contributed by atoms with Crippen LogP contribution in [0.5, 0.6) is 17.2 Å². The van der Waals surface area contributed by atoms with Crippen molar-refractivity contribution in [3.8, 4) is 17.2 Å². The number of aryl methyl sites for hydroxylation is 1. The number of para-hydroxylation sites is 1. The molecule has 0 aliphatic rings. The fourth-order valence-corrected chi connectivity index (χ4v) is 4.26. The number of carboxylic acid groups (broad SMARTS) is 1. The Morgan fingerprint density at radius 3 is 2.31 bits per heavy atom. The molecule has 0 unspecified atom stereocenters. The van der Waals surface area contributed by atoms with Crippen LogP contribution in [-0.2, 0) is 17.6 Å². The third-order valence-electron chi connectivity index (χ3n) is 5.89. The summed E-state index contributed by atoms with van der Waals surface area (Å²) in [6.07, 6.45) is 0.539. The van der Waals surface area contributed by atoms with Gasteiger partial charge in [0.2, 0.25) is 0 Å². The Hall–Kier alpha value is -4.26. The fraction of sp³-hybridized carbons (Fsp3) is 0.214. The average Bonchev–Trinajstić information content (AvgIpc) is 3.20. The Bertz CT molecular complexity index is 1370. The third kappa shape index (κ3) is 4.99. The van der Waals surface area contributed by atoms with Crippen LogP contribution in [-0.4, -0.2) is 42.4 Å². The number of ether oxygens (including phenoxy) is 3. The number of methoxy groups -OCH3 is 2. The highest BCUT2D eigenvalue weighted by Crippen LogP contribution is 2.31. The largest absolute Gasteiger partial charge is 0.493 e. The number of fused-ring (bicyclic) bond motifs is 1. The van der Waals surface area contributed by atoms with Gasteiger partial charge in [0, 0.05) is 28.6 Å². The maximum atomic E-state index is 13.3. The van der Waals surface area contributed by atoms with E-state index in [0.29, 0.717) is 46.9 Å². The fourth-order valence-electron chi connectivity index (χ4n) is 4.26. The van der Waals surface area contributed by atoms with Gasteiger partial charge in [0.25, 0.3) is 5.91 Å². The molecule has 0 radical (unpaired) electrons. The molecule has 0 aliphatic carbocycles. The summed E-state index contributed by atoms with van der Waals surface area (Å²) >= 11 is 0. The number of hydrogen-bond donors (Lipinski definition) is 1. The van der Waals surface area contributed by atoms with Gasteiger partial charge in [-0.15, -0.1) is 0 Å². The van der Waals surface area contributed by atoms with Crippen LogP contribution in [0.25, 0.3) is 10.9 Å². The summed E-state index contributed by atoms with van der Waals surface area (Å²) in [4.78, 5) is 24.5. The normalized spacial score (nSPS) is 10.8. The van der Waals surface area contributed by atoms with Crippen molar-refractivity contribution in [1.29, 1.82) is 0 Å². The number of nitrogens with zero attached hydrogens (tertiary/aromatic N) is 1. The van der Waals surface area contributed by atoms with Gasteiger partial charge in [-0.3, -0.25) is 14.2 Å². The van der Waals surface area contributed by atoms with Gasteiger partial charge in [-0.05, 0) is 55.0 Å². The molecule has 180 valence electrons. The highest BCUT2D eigenvalue weighted by molar-refractivity contribution is 6.04. The first-order valence-electron chi connectivity index (χ1n) is 11.2. The summed E-state index contributed by atoms with van der Waals surface area (Å²) in [7, 11) is 3.22. The predicted octanol–water partition coefficient (Wildman–Crippen LogP) is 4.90. The van der Waals surface area contributed by atoms with E-state index in [9.17, 15) is 14.7 Å². The van der Waals surface area contributed by atoms with E-state index >= 15 is 0 Å². The Kier molecular flexibility index (Phi) is 7.06. The summed E-state index contributed by atoms with van der Waals surface area (Å²) in [6.45, 7) is 2.28. The number of carboxylic acids is 1. The zero-order chi connectivity index (χ0) is 24.9. The Balaban J connectivity index is 1.48. The molecule has 0 amide bonds. The van der Waals surface area contributed by atoms with Crippen LogP contribution >= 0.6 is 0 Å². The van der Waals surface area contributed by atoms with E-state index in [4.69, 9.17) is 14.2 Å². The molecule has 0 fully saturated rings. The second kappa shape index (κ2) is 10.3. The van der Waals surface area contributed by atoms with Gasteiger partial charge in [0.15, 0.2) is 11.5 Å². The van der Waals surface area contributed by atoms with Gasteiger partial charge in [-0.1, -0.05) is 24.3 Å². The summed E-state index contributed by atoms with van der Waals surface area (Å²) in [6, 6.07) is 20.0. The topological polar surface area (TPSA) is 87.0 Å². The quantitative estimate of drug-likeness (QED) is 0.372. The minimum Gasteiger partial charge on any atom is -0.493 e. The van der Waals surface area contributed by atoms with Crippen molar-refractivity contribution in [3.63, 3.8) is 0 Å². The van der Waals surface area contributed by atoms with Crippen molar-refractivity contribution in [2.75, 3.05) is 20.8 Å². The van der Waals surface area contributed by atoms with E-state index < -0.39 is 5.97 Å². The van der Waals surface area contributed by atoms with Crippen LogP contribution in [0, 0.1) is 6.92 Å². The van der Waals surface area contributed by atoms with E-state index in [1.165, 1.54) is 0 Å². The van der Waals surface area contributed by atoms with E-state index in [-0.39, 0.29) is 12.3 Å². The summed E-state index contributed by atoms with van der Waals surface area (Å²) in [5.74, 6) is 0.935. The van der Waals surface area contributed by atoms with Gasteiger partial charge in [-0.2, -0.15) is 0 Å². The van der Waals surface area contributed by atoms with Crippen molar-refractivity contribution in [3.05, 3.63) is 89.1 Å². The van der Waals surface area contributed by atoms with Gasteiger partial charge >= 0.3 is 5.97 Å². The lowest BCUT2D eigenvalue weighted by Gasteiger charge is -2.13. The van der Waals surface area contributed by atoms with Crippen molar-refractivity contribution < 1.29 is 28.9 Å². The molecule has 4 aromatic rings. The molecule has 3 aromatic carbocycles. The van der Waals surface area contributed by atoms with Crippen LogP contribution in [0.3, 0.4) is 0 Å². The minimum absolute atomic E-state index is 0.0946. The highest BCUT2D eigenvalue weighted by Gasteiger charge is 2.17. The number of carbonyl (C=O) groups excluding carboxylic acids is 1. The van der Waals surface area contributed by atoms with Crippen molar-refractivity contribution in [1.82, 2.24) is 4.57 Å². The summed E-state index contributed by atoms with van der Waals surface area (Å²) in [5.41, 5.74) is 3.61.